The summed E-state index contributed by atoms with van der Waals surface area (Å²) in [5, 5.41) is 30.8. The lowest BCUT2D eigenvalue weighted by Gasteiger charge is -2.40. The minimum absolute atomic E-state index is 0.134. The lowest BCUT2D eigenvalue weighted by molar-refractivity contribution is -0.297. The number of allylic oxidation sites excluding steroid dienone is 5. The van der Waals surface area contributed by atoms with Crippen molar-refractivity contribution in [3.05, 3.63) is 36.5 Å². The summed E-state index contributed by atoms with van der Waals surface area (Å²) >= 11 is 0. The van der Waals surface area contributed by atoms with Crippen molar-refractivity contribution in [1.29, 1.82) is 0 Å². The highest BCUT2D eigenvalue weighted by Crippen LogP contribution is 2.24. The maximum absolute atomic E-state index is 12.7. The lowest BCUT2D eigenvalue weighted by Crippen LogP contribution is -2.60. The van der Waals surface area contributed by atoms with Gasteiger partial charge in [-0.15, -0.1) is 0 Å². The Morgan fingerprint density at radius 1 is 0.655 bits per heavy atom. The Labute approximate surface area is 331 Å². The quantitative estimate of drug-likeness (QED) is 0.0124. The Bertz CT molecular complexity index is 1170. The molecule has 13 heteroatoms. The average molecular weight is 803 g/mol. The summed E-state index contributed by atoms with van der Waals surface area (Å²) in [6.45, 7) is 3.60. The molecule has 6 atom stereocenters. The van der Waals surface area contributed by atoms with Gasteiger partial charge in [0.05, 0.1) is 6.61 Å². The summed E-state index contributed by atoms with van der Waals surface area (Å²) in [4.78, 5) is 25.2. The molecule has 0 aromatic carbocycles. The van der Waals surface area contributed by atoms with Gasteiger partial charge in [-0.3, -0.25) is 9.35 Å². The number of ether oxygens (including phenoxy) is 4. The standard InChI is InChI=1S/C42H74O12S/c1-3-5-7-9-11-13-15-17-18-19-21-22-24-26-28-30-37(43)51-32-35(33-52-42-41(47)40(46)39(45)36(54-42)34-55(48,49)50)53-38(44)31-29-27-25-23-20-16-14-12-10-8-6-4-2/h12,14,24,26,28,30,35-36,39-42,45-47H,3-11,13,15-23,25,27,29,31-34H2,1-2H3,(H,48,49,50)/b14-12+,26-24+,30-28+/t35-,36-,39-,40?,41?,42+/m1/s1. The van der Waals surface area contributed by atoms with Crippen molar-refractivity contribution in [2.45, 2.75) is 198 Å². The fourth-order valence-electron chi connectivity index (χ4n) is 6.23. The van der Waals surface area contributed by atoms with Crippen LogP contribution in [0.5, 0.6) is 0 Å². The van der Waals surface area contributed by atoms with Gasteiger partial charge >= 0.3 is 11.9 Å². The van der Waals surface area contributed by atoms with Gasteiger partial charge in [-0.2, -0.15) is 8.42 Å². The molecule has 1 rings (SSSR count). The Kier molecular flexibility index (Phi) is 30.4. The third-order valence-electron chi connectivity index (χ3n) is 9.55. The Morgan fingerprint density at radius 3 is 1.75 bits per heavy atom. The summed E-state index contributed by atoms with van der Waals surface area (Å²) in [6.07, 6.45) is 26.9. The van der Waals surface area contributed by atoms with Gasteiger partial charge in [-0.1, -0.05) is 141 Å². The summed E-state index contributed by atoms with van der Waals surface area (Å²) in [5.41, 5.74) is 0. The van der Waals surface area contributed by atoms with Gasteiger partial charge in [-0.25, -0.2) is 4.79 Å². The molecule has 1 fully saturated rings. The van der Waals surface area contributed by atoms with Crippen LogP contribution in [0, 0.1) is 0 Å². The number of rotatable bonds is 34. The molecule has 2 unspecified atom stereocenters. The molecular weight excluding hydrogens is 729 g/mol. The van der Waals surface area contributed by atoms with Crippen molar-refractivity contribution < 1.29 is 56.8 Å². The zero-order valence-corrected chi connectivity index (χ0v) is 34.6. The van der Waals surface area contributed by atoms with Crippen LogP contribution in [-0.4, -0.2) is 96.0 Å². The first-order valence-electron chi connectivity index (χ1n) is 21.1. The van der Waals surface area contributed by atoms with Gasteiger partial charge in [0.15, 0.2) is 12.4 Å². The van der Waals surface area contributed by atoms with Crippen LogP contribution in [0.3, 0.4) is 0 Å². The van der Waals surface area contributed by atoms with Crippen molar-refractivity contribution >= 4 is 22.1 Å². The van der Waals surface area contributed by atoms with E-state index in [9.17, 15) is 37.9 Å². The zero-order chi connectivity index (χ0) is 40.6. The Balaban J connectivity index is 2.54. The van der Waals surface area contributed by atoms with E-state index in [1.165, 1.54) is 89.5 Å². The van der Waals surface area contributed by atoms with Gasteiger partial charge in [0, 0.05) is 12.5 Å². The molecule has 1 aliphatic heterocycles. The molecule has 0 radical (unpaired) electrons. The first-order chi connectivity index (χ1) is 26.5. The number of carbonyl (C=O) groups excluding carboxylic acids is 2. The van der Waals surface area contributed by atoms with Crippen LogP contribution in [0.2, 0.25) is 0 Å². The highest BCUT2D eigenvalue weighted by atomic mass is 32.2. The number of carbonyl (C=O) groups is 2. The van der Waals surface area contributed by atoms with Crippen LogP contribution in [0.15, 0.2) is 36.5 Å². The normalized spacial score (nSPS) is 21.2. The number of unbranched alkanes of at least 4 members (excludes halogenated alkanes) is 19. The Morgan fingerprint density at radius 2 is 1.16 bits per heavy atom. The smallest absolute Gasteiger partial charge is 0.330 e. The predicted octanol–water partition coefficient (Wildman–Crippen LogP) is 7.83. The SMILES string of the molecule is CCCCC/C=C/CCCCCCCC(=O)O[C@H](COC(=O)/C=C/C=C/CCCCCCCCCCCCC)CO[C@H]1O[C@H](CS(=O)(=O)O)[C@@H](O)C(O)C1O. The summed E-state index contributed by atoms with van der Waals surface area (Å²) in [5.74, 6) is -2.26. The van der Waals surface area contributed by atoms with E-state index in [2.05, 4.69) is 26.0 Å². The molecule has 0 aliphatic carbocycles. The van der Waals surface area contributed by atoms with Crippen LogP contribution in [0.1, 0.15) is 162 Å². The van der Waals surface area contributed by atoms with Gasteiger partial charge in [0.1, 0.15) is 36.8 Å². The second-order valence-electron chi connectivity index (χ2n) is 14.7. The van der Waals surface area contributed by atoms with Crippen molar-refractivity contribution in [2.24, 2.45) is 0 Å². The minimum atomic E-state index is -4.61. The third kappa shape index (κ3) is 28.0. The third-order valence-corrected chi connectivity index (χ3v) is 10.3. The first kappa shape index (κ1) is 50.9. The first-order valence-corrected chi connectivity index (χ1v) is 22.7. The Hall–Kier alpha value is -2.13. The number of aliphatic hydroxyl groups excluding tert-OH is 3. The van der Waals surface area contributed by atoms with Crippen LogP contribution >= 0.6 is 0 Å². The van der Waals surface area contributed by atoms with E-state index >= 15 is 0 Å². The molecule has 1 saturated heterocycles. The molecule has 0 bridgehead atoms. The number of hydrogen-bond donors (Lipinski definition) is 4. The summed E-state index contributed by atoms with van der Waals surface area (Å²) in [6, 6.07) is 0. The molecule has 12 nitrogen and oxygen atoms in total. The van der Waals surface area contributed by atoms with E-state index in [4.69, 9.17) is 18.9 Å². The monoisotopic (exact) mass is 802 g/mol. The number of esters is 2. The second-order valence-corrected chi connectivity index (χ2v) is 16.2. The number of hydrogen-bond acceptors (Lipinski definition) is 11. The minimum Gasteiger partial charge on any atom is -0.458 e. The van der Waals surface area contributed by atoms with E-state index in [-0.39, 0.29) is 13.0 Å². The van der Waals surface area contributed by atoms with E-state index < -0.39 is 71.2 Å². The molecular formula is C42H74O12S. The highest BCUT2D eigenvalue weighted by Gasteiger charge is 2.46. The largest absolute Gasteiger partial charge is 0.458 e. The average Bonchev–Trinajstić information content (AvgIpc) is 3.14. The molecule has 4 N–H and O–H groups in total. The maximum atomic E-state index is 12.7. The van der Waals surface area contributed by atoms with Gasteiger partial charge in [-0.05, 0) is 44.9 Å². The summed E-state index contributed by atoms with van der Waals surface area (Å²) < 4.78 is 53.7. The number of aliphatic hydroxyl groups is 3. The molecule has 1 aliphatic rings. The molecule has 0 spiro atoms. The van der Waals surface area contributed by atoms with Crippen LogP contribution in [0.4, 0.5) is 0 Å². The van der Waals surface area contributed by atoms with Crippen LogP contribution in [0.25, 0.3) is 0 Å². The van der Waals surface area contributed by atoms with Gasteiger partial charge in [0.25, 0.3) is 10.1 Å². The molecule has 0 aromatic rings. The summed E-state index contributed by atoms with van der Waals surface area (Å²) in [7, 11) is -4.61. The van der Waals surface area contributed by atoms with Gasteiger partial charge < -0.3 is 34.3 Å². The fraction of sp³-hybridized carbons (Fsp3) is 0.810. The molecule has 0 amide bonds. The van der Waals surface area contributed by atoms with E-state index in [1.54, 1.807) is 12.2 Å². The van der Waals surface area contributed by atoms with Crippen molar-refractivity contribution in [3.63, 3.8) is 0 Å². The zero-order valence-electron chi connectivity index (χ0n) is 33.8. The highest BCUT2D eigenvalue weighted by molar-refractivity contribution is 7.85. The van der Waals surface area contributed by atoms with Gasteiger partial charge in [0.2, 0.25) is 0 Å². The maximum Gasteiger partial charge on any atom is 0.330 e. The molecule has 1 heterocycles. The molecule has 0 saturated carbocycles. The topological polar surface area (TPSA) is 186 Å². The van der Waals surface area contributed by atoms with E-state index in [0.29, 0.717) is 6.42 Å². The fourth-order valence-corrected chi connectivity index (χ4v) is 6.92. The van der Waals surface area contributed by atoms with Crippen molar-refractivity contribution in [3.8, 4) is 0 Å². The van der Waals surface area contributed by atoms with Crippen LogP contribution in [-0.2, 0) is 38.7 Å². The second kappa shape index (κ2) is 32.9. The van der Waals surface area contributed by atoms with E-state index in [0.717, 1.165) is 51.4 Å². The molecule has 0 aromatic heterocycles. The molecule has 55 heavy (non-hydrogen) atoms. The van der Waals surface area contributed by atoms with E-state index in [1.807, 2.05) is 6.08 Å². The molecule has 320 valence electrons. The van der Waals surface area contributed by atoms with Crippen LogP contribution < -0.4 is 0 Å². The lowest BCUT2D eigenvalue weighted by atomic mass is 10.00. The van der Waals surface area contributed by atoms with Crippen molar-refractivity contribution in [1.82, 2.24) is 0 Å². The van der Waals surface area contributed by atoms with Crippen molar-refractivity contribution in [2.75, 3.05) is 19.0 Å². The predicted molar refractivity (Wildman–Crippen MR) is 215 cm³/mol.